The van der Waals surface area contributed by atoms with Gasteiger partial charge in [0.05, 0.1) is 12.5 Å². The molecule has 2 heterocycles. The largest absolute Gasteiger partial charge is 0.466 e. The molecule has 0 radical (unpaired) electrons. The maximum Gasteiger partial charge on any atom is 0.410 e. The van der Waals surface area contributed by atoms with Gasteiger partial charge >= 0.3 is 12.1 Å². The van der Waals surface area contributed by atoms with E-state index in [0.717, 1.165) is 5.69 Å². The fraction of sp³-hybridized carbons (Fsp3) is 0.737. The van der Waals surface area contributed by atoms with Crippen molar-refractivity contribution in [2.45, 2.75) is 65.5 Å². The first-order valence-electron chi connectivity index (χ1n) is 9.32. The Balaban J connectivity index is 2.28. The van der Waals surface area contributed by atoms with Crippen LogP contribution >= 0.6 is 0 Å². The van der Waals surface area contributed by atoms with Gasteiger partial charge in [-0.15, -0.1) is 0 Å². The molecule has 0 saturated carbocycles. The standard InChI is InChI=1S/C19H31N3O4/c1-7-25-17(23)14-9-11-21(18(24)26-19(4,5)6)12-15(14)16-8-10-20-22(16)13(2)3/h8,10,13-15H,7,9,11-12H2,1-6H3. The van der Waals surface area contributed by atoms with Crippen molar-refractivity contribution in [3.63, 3.8) is 0 Å². The van der Waals surface area contributed by atoms with Crippen molar-refractivity contribution in [3.05, 3.63) is 18.0 Å². The van der Waals surface area contributed by atoms with E-state index in [1.54, 1.807) is 18.0 Å². The first-order valence-corrected chi connectivity index (χ1v) is 9.32. The van der Waals surface area contributed by atoms with Gasteiger partial charge in [-0.1, -0.05) is 0 Å². The molecule has 0 bridgehead atoms. The summed E-state index contributed by atoms with van der Waals surface area (Å²) < 4.78 is 12.7. The summed E-state index contributed by atoms with van der Waals surface area (Å²) in [6, 6.07) is 2.09. The number of amides is 1. The molecule has 2 atom stereocenters. The minimum absolute atomic E-state index is 0.166. The van der Waals surface area contributed by atoms with Crippen molar-refractivity contribution in [1.82, 2.24) is 14.7 Å². The van der Waals surface area contributed by atoms with E-state index in [-0.39, 0.29) is 29.9 Å². The van der Waals surface area contributed by atoms with E-state index in [9.17, 15) is 9.59 Å². The molecule has 7 nitrogen and oxygen atoms in total. The van der Waals surface area contributed by atoms with Crippen LogP contribution in [0.25, 0.3) is 0 Å². The minimum atomic E-state index is -0.551. The van der Waals surface area contributed by atoms with E-state index in [1.807, 2.05) is 45.4 Å². The Hall–Kier alpha value is -2.05. The van der Waals surface area contributed by atoms with Crippen LogP contribution in [0.4, 0.5) is 4.79 Å². The monoisotopic (exact) mass is 365 g/mol. The Labute approximate surface area is 155 Å². The van der Waals surface area contributed by atoms with Gasteiger partial charge in [0.25, 0.3) is 0 Å². The Morgan fingerprint density at radius 1 is 1.35 bits per heavy atom. The van der Waals surface area contributed by atoms with Gasteiger partial charge in [0.15, 0.2) is 0 Å². The smallest absolute Gasteiger partial charge is 0.410 e. The van der Waals surface area contributed by atoms with Crippen molar-refractivity contribution in [3.8, 4) is 0 Å². The molecule has 1 aliphatic heterocycles. The normalized spacial score (nSPS) is 21.0. The second-order valence-corrected chi connectivity index (χ2v) is 7.97. The lowest BCUT2D eigenvalue weighted by atomic mass is 9.83. The number of hydrogen-bond acceptors (Lipinski definition) is 5. The second kappa shape index (κ2) is 8.10. The Morgan fingerprint density at radius 2 is 2.04 bits per heavy atom. The zero-order valence-corrected chi connectivity index (χ0v) is 16.7. The predicted octanol–water partition coefficient (Wildman–Crippen LogP) is 3.37. The summed E-state index contributed by atoms with van der Waals surface area (Å²) in [5, 5.41) is 4.39. The van der Waals surface area contributed by atoms with Crippen LogP contribution < -0.4 is 0 Å². The number of esters is 1. The number of nitrogens with zero attached hydrogens (tertiary/aromatic N) is 3. The molecule has 26 heavy (non-hydrogen) atoms. The number of carbonyl (C=O) groups is 2. The van der Waals surface area contributed by atoms with Crippen LogP contribution in [0.1, 0.15) is 65.6 Å². The van der Waals surface area contributed by atoms with Gasteiger partial charge < -0.3 is 14.4 Å². The number of likely N-dealkylation sites (tertiary alicyclic amines) is 1. The highest BCUT2D eigenvalue weighted by atomic mass is 16.6. The predicted molar refractivity (Wildman–Crippen MR) is 97.9 cm³/mol. The lowest BCUT2D eigenvalue weighted by molar-refractivity contribution is -0.150. The molecular weight excluding hydrogens is 334 g/mol. The van der Waals surface area contributed by atoms with Gasteiger partial charge in [0.2, 0.25) is 0 Å². The first kappa shape index (κ1) is 20.3. The summed E-state index contributed by atoms with van der Waals surface area (Å²) in [6.45, 7) is 12.7. The molecule has 1 aliphatic rings. The second-order valence-electron chi connectivity index (χ2n) is 7.97. The maximum absolute atomic E-state index is 12.5. The van der Waals surface area contributed by atoms with E-state index in [4.69, 9.17) is 9.47 Å². The SMILES string of the molecule is CCOC(=O)C1CCN(C(=O)OC(C)(C)C)CC1c1ccnn1C(C)C. The summed E-state index contributed by atoms with van der Waals surface area (Å²) in [5.74, 6) is -0.666. The van der Waals surface area contributed by atoms with Crippen molar-refractivity contribution >= 4 is 12.1 Å². The maximum atomic E-state index is 12.5. The molecule has 0 N–H and O–H groups in total. The molecule has 7 heteroatoms. The lowest BCUT2D eigenvalue weighted by Crippen LogP contribution is -2.47. The third kappa shape index (κ3) is 4.77. The first-order chi connectivity index (χ1) is 12.1. The van der Waals surface area contributed by atoms with Crippen LogP contribution in [0.5, 0.6) is 0 Å². The summed E-state index contributed by atoms with van der Waals surface area (Å²) >= 11 is 0. The van der Waals surface area contributed by atoms with Crippen molar-refractivity contribution < 1.29 is 19.1 Å². The van der Waals surface area contributed by atoms with E-state index >= 15 is 0 Å². The highest BCUT2D eigenvalue weighted by molar-refractivity contribution is 5.75. The quantitative estimate of drug-likeness (QED) is 0.765. The topological polar surface area (TPSA) is 73.7 Å². The van der Waals surface area contributed by atoms with Gasteiger partial charge in [-0.2, -0.15) is 5.10 Å². The van der Waals surface area contributed by atoms with Crippen molar-refractivity contribution in [2.75, 3.05) is 19.7 Å². The number of ether oxygens (including phenoxy) is 2. The lowest BCUT2D eigenvalue weighted by Gasteiger charge is -2.38. The summed E-state index contributed by atoms with van der Waals surface area (Å²) in [4.78, 5) is 26.7. The number of aromatic nitrogens is 2. The molecule has 1 saturated heterocycles. The molecule has 1 aromatic rings. The summed E-state index contributed by atoms with van der Waals surface area (Å²) in [5.41, 5.74) is 0.399. The van der Waals surface area contributed by atoms with Crippen LogP contribution in [-0.4, -0.2) is 52.0 Å². The number of rotatable bonds is 4. The van der Waals surface area contributed by atoms with E-state index in [0.29, 0.717) is 26.1 Å². The molecule has 0 aliphatic carbocycles. The van der Waals surface area contributed by atoms with Gasteiger partial charge in [-0.25, -0.2) is 4.79 Å². The number of hydrogen-bond donors (Lipinski definition) is 0. The van der Waals surface area contributed by atoms with Crippen LogP contribution in [0, 0.1) is 5.92 Å². The molecular formula is C19H31N3O4. The van der Waals surface area contributed by atoms with Gasteiger partial charge in [-0.05, 0) is 54.0 Å². The molecule has 0 aromatic carbocycles. The van der Waals surface area contributed by atoms with Gasteiger partial charge in [0.1, 0.15) is 5.60 Å². The molecule has 2 rings (SSSR count). The molecule has 1 fully saturated rings. The van der Waals surface area contributed by atoms with E-state index < -0.39 is 5.60 Å². The molecule has 146 valence electrons. The van der Waals surface area contributed by atoms with Crippen LogP contribution in [0.2, 0.25) is 0 Å². The van der Waals surface area contributed by atoms with Crippen LogP contribution in [0.15, 0.2) is 12.3 Å². The van der Waals surface area contributed by atoms with E-state index in [2.05, 4.69) is 5.10 Å². The Morgan fingerprint density at radius 3 is 2.62 bits per heavy atom. The highest BCUT2D eigenvalue weighted by Gasteiger charge is 2.40. The highest BCUT2D eigenvalue weighted by Crippen LogP contribution is 2.35. The third-order valence-electron chi connectivity index (χ3n) is 4.42. The molecule has 1 amide bonds. The number of carbonyl (C=O) groups excluding carboxylic acids is 2. The fourth-order valence-corrected chi connectivity index (χ4v) is 3.32. The molecule has 2 unspecified atom stereocenters. The van der Waals surface area contributed by atoms with Crippen molar-refractivity contribution in [2.24, 2.45) is 5.92 Å². The van der Waals surface area contributed by atoms with Gasteiger partial charge in [-0.3, -0.25) is 9.48 Å². The minimum Gasteiger partial charge on any atom is -0.466 e. The molecule has 1 aromatic heterocycles. The van der Waals surface area contributed by atoms with Crippen LogP contribution in [-0.2, 0) is 14.3 Å². The van der Waals surface area contributed by atoms with Crippen LogP contribution in [0.3, 0.4) is 0 Å². The zero-order chi connectivity index (χ0) is 19.5. The average Bonchev–Trinajstić information content (AvgIpc) is 3.02. The summed E-state index contributed by atoms with van der Waals surface area (Å²) in [7, 11) is 0. The molecule has 0 spiro atoms. The van der Waals surface area contributed by atoms with Gasteiger partial charge in [0, 0.05) is 36.9 Å². The average molecular weight is 365 g/mol. The Kier molecular flexibility index (Phi) is 6.31. The van der Waals surface area contributed by atoms with E-state index in [1.165, 1.54) is 0 Å². The van der Waals surface area contributed by atoms with Crippen molar-refractivity contribution in [1.29, 1.82) is 0 Å². The fourth-order valence-electron chi connectivity index (χ4n) is 3.32. The number of piperidine rings is 1. The third-order valence-corrected chi connectivity index (χ3v) is 4.42. The summed E-state index contributed by atoms with van der Waals surface area (Å²) in [6.07, 6.45) is 1.94. The zero-order valence-electron chi connectivity index (χ0n) is 16.7. The Bertz CT molecular complexity index is 633.